The number of hydrogen-bond donors (Lipinski definition) is 1. The Balaban J connectivity index is 1.22. The number of rotatable bonds is 6. The van der Waals surface area contributed by atoms with Gasteiger partial charge in [0.25, 0.3) is 0 Å². The highest BCUT2D eigenvalue weighted by molar-refractivity contribution is 6.24. The number of fused-ring (bicyclic) bond motifs is 8. The molecule has 2 fully saturated rings. The zero-order valence-corrected chi connectivity index (χ0v) is 24.6. The molecule has 5 atom stereocenters. The summed E-state index contributed by atoms with van der Waals surface area (Å²) in [5, 5.41) is 1.10. The topological polar surface area (TPSA) is 71.6 Å². The minimum absolute atomic E-state index is 0.0547. The van der Waals surface area contributed by atoms with Gasteiger partial charge in [-0.2, -0.15) is 0 Å². The molecular weight excluding hydrogens is 548 g/mol. The van der Waals surface area contributed by atoms with Gasteiger partial charge in [0.1, 0.15) is 18.1 Å². The summed E-state index contributed by atoms with van der Waals surface area (Å²) in [6.45, 7) is 0.484. The summed E-state index contributed by atoms with van der Waals surface area (Å²) in [5.74, 6) is 0.874. The lowest BCUT2D eigenvalue weighted by Crippen LogP contribution is -2.39. The lowest BCUT2D eigenvalue weighted by molar-refractivity contribution is -0.123. The van der Waals surface area contributed by atoms with Gasteiger partial charge >= 0.3 is 0 Å². The van der Waals surface area contributed by atoms with E-state index in [1.807, 2.05) is 30.3 Å². The summed E-state index contributed by atoms with van der Waals surface area (Å²) in [6.07, 6.45) is 2.89. The van der Waals surface area contributed by atoms with E-state index >= 15 is 0 Å². The molecule has 2 amide bonds. The first kappa shape index (κ1) is 26.8. The van der Waals surface area contributed by atoms with Gasteiger partial charge < -0.3 is 14.5 Å². The van der Waals surface area contributed by atoms with Crippen LogP contribution in [0.2, 0.25) is 0 Å². The predicted molar refractivity (Wildman–Crippen MR) is 170 cm³/mol. The van der Waals surface area contributed by atoms with Gasteiger partial charge in [0.2, 0.25) is 11.8 Å². The first-order chi connectivity index (χ1) is 21.6. The molecule has 44 heavy (non-hydrogen) atoms. The fourth-order valence-electron chi connectivity index (χ4n) is 8.09. The number of aromatic amines is 1. The van der Waals surface area contributed by atoms with Gasteiger partial charge in [-0.3, -0.25) is 9.59 Å². The molecule has 8 rings (SSSR count). The normalized spacial score (nSPS) is 24.1. The average Bonchev–Trinajstić information content (AvgIpc) is 3.58. The Labute approximate surface area is 256 Å². The number of H-pyrrole nitrogens is 1. The quantitative estimate of drug-likeness (QED) is 0.208. The highest BCUT2D eigenvalue weighted by Gasteiger charge is 2.59. The largest absolute Gasteiger partial charge is 0.497 e. The molecule has 1 aromatic heterocycles. The standard InChI is InChI=1S/C38H34N2O4/c1-43-27-15-13-26(14-16-27)40-37(41)34-30-20-25(24-10-6-3-7-11-24)12-18-29(30)33-31-21-28(44-22-23-8-4-2-5-9-23)17-19-32(31)39-36(33)35(34)38(40)42/h2-11,13-17,19,21,25,29-30,34-35,39H,12,18,20,22H2,1H3/t25-,29+,30-,34-,35+/m0/s1. The molecule has 1 N–H and O–H groups in total. The van der Waals surface area contributed by atoms with E-state index in [4.69, 9.17) is 9.47 Å². The number of benzene rings is 4. The number of carbonyl (C=O) groups excluding carboxylic acids is 2. The van der Waals surface area contributed by atoms with E-state index in [0.29, 0.717) is 24.0 Å². The van der Waals surface area contributed by atoms with Crippen LogP contribution in [0.5, 0.6) is 11.5 Å². The van der Waals surface area contributed by atoms with Crippen LogP contribution in [0, 0.1) is 11.8 Å². The van der Waals surface area contributed by atoms with E-state index in [1.165, 1.54) is 16.0 Å². The van der Waals surface area contributed by atoms with E-state index in [0.717, 1.165) is 47.2 Å². The fraction of sp³-hybridized carbons (Fsp3) is 0.263. The molecule has 4 aromatic carbocycles. The van der Waals surface area contributed by atoms with E-state index < -0.39 is 11.8 Å². The van der Waals surface area contributed by atoms with Crippen molar-refractivity contribution in [2.75, 3.05) is 12.0 Å². The van der Waals surface area contributed by atoms with Gasteiger partial charge in [-0.1, -0.05) is 60.7 Å². The van der Waals surface area contributed by atoms with Crippen molar-refractivity contribution in [2.24, 2.45) is 11.8 Å². The zero-order valence-electron chi connectivity index (χ0n) is 24.6. The first-order valence-corrected chi connectivity index (χ1v) is 15.5. The molecule has 2 aliphatic carbocycles. The Bertz CT molecular complexity index is 1850. The van der Waals surface area contributed by atoms with Crippen molar-refractivity contribution >= 4 is 28.4 Å². The second kappa shape index (κ2) is 10.7. The summed E-state index contributed by atoms with van der Waals surface area (Å²) < 4.78 is 11.6. The molecular formula is C38H34N2O4. The monoisotopic (exact) mass is 582 g/mol. The van der Waals surface area contributed by atoms with Crippen molar-refractivity contribution in [3.63, 3.8) is 0 Å². The van der Waals surface area contributed by atoms with Crippen LogP contribution >= 0.6 is 0 Å². The summed E-state index contributed by atoms with van der Waals surface area (Å²) in [7, 11) is 1.61. The minimum atomic E-state index is -0.545. The van der Waals surface area contributed by atoms with E-state index in [2.05, 4.69) is 53.5 Å². The molecule has 0 bridgehead atoms. The molecule has 1 saturated heterocycles. The molecule has 1 saturated carbocycles. The molecule has 2 heterocycles. The number of nitrogens with one attached hydrogen (secondary N) is 1. The van der Waals surface area contributed by atoms with Crippen molar-refractivity contribution < 1.29 is 19.1 Å². The van der Waals surface area contributed by atoms with Crippen LogP contribution in [-0.2, 0) is 16.2 Å². The third-order valence-corrected chi connectivity index (χ3v) is 10.1. The minimum Gasteiger partial charge on any atom is -0.497 e. The van der Waals surface area contributed by atoms with Crippen LogP contribution in [0.3, 0.4) is 0 Å². The molecule has 0 unspecified atom stereocenters. The smallest absolute Gasteiger partial charge is 0.243 e. The van der Waals surface area contributed by atoms with Crippen LogP contribution in [0.4, 0.5) is 5.69 Å². The molecule has 1 aliphatic heterocycles. The first-order valence-electron chi connectivity index (χ1n) is 15.5. The molecule has 6 heteroatoms. The highest BCUT2D eigenvalue weighted by atomic mass is 16.5. The second-order valence-electron chi connectivity index (χ2n) is 12.3. The summed E-state index contributed by atoms with van der Waals surface area (Å²) >= 11 is 0. The van der Waals surface area contributed by atoms with Gasteiger partial charge in [-0.15, -0.1) is 0 Å². The molecule has 6 nitrogen and oxygen atoms in total. The third kappa shape index (κ3) is 4.31. The van der Waals surface area contributed by atoms with Crippen molar-refractivity contribution in [1.82, 2.24) is 4.98 Å². The number of anilines is 1. The van der Waals surface area contributed by atoms with E-state index in [1.54, 1.807) is 31.4 Å². The summed E-state index contributed by atoms with van der Waals surface area (Å²) in [4.78, 5) is 33.7. The number of aromatic nitrogens is 1. The maximum absolute atomic E-state index is 14.3. The zero-order chi connectivity index (χ0) is 29.8. The van der Waals surface area contributed by atoms with E-state index in [9.17, 15) is 9.59 Å². The number of methoxy groups -OCH3 is 1. The van der Waals surface area contributed by atoms with Crippen molar-refractivity contribution in [2.45, 2.75) is 43.6 Å². The van der Waals surface area contributed by atoms with Crippen LogP contribution in [-0.4, -0.2) is 23.9 Å². The third-order valence-electron chi connectivity index (χ3n) is 10.1. The number of imide groups is 1. The number of hydrogen-bond acceptors (Lipinski definition) is 4. The maximum Gasteiger partial charge on any atom is 0.243 e. The summed E-state index contributed by atoms with van der Waals surface area (Å²) in [6, 6.07) is 34.2. The molecule has 0 radical (unpaired) electrons. The van der Waals surface area contributed by atoms with E-state index in [-0.39, 0.29) is 23.7 Å². The van der Waals surface area contributed by atoms with Crippen molar-refractivity contribution in [1.29, 1.82) is 0 Å². The number of carbonyl (C=O) groups is 2. The fourth-order valence-corrected chi connectivity index (χ4v) is 8.09. The number of nitrogens with zero attached hydrogens (tertiary/aromatic N) is 1. The van der Waals surface area contributed by atoms with Gasteiger partial charge in [0, 0.05) is 16.6 Å². The average molecular weight is 583 g/mol. The molecule has 3 aliphatic rings. The Morgan fingerprint density at radius 3 is 2.30 bits per heavy atom. The Morgan fingerprint density at radius 1 is 0.818 bits per heavy atom. The summed E-state index contributed by atoms with van der Waals surface area (Å²) in [5.41, 5.74) is 6.10. The lowest BCUT2D eigenvalue weighted by Gasteiger charge is -2.44. The van der Waals surface area contributed by atoms with Crippen molar-refractivity contribution in [3.8, 4) is 11.5 Å². The molecule has 5 aromatic rings. The van der Waals surface area contributed by atoms with Crippen LogP contribution < -0.4 is 14.4 Å². The van der Waals surface area contributed by atoms with Crippen LogP contribution in [0.1, 0.15) is 59.4 Å². The Hall–Kier alpha value is -4.84. The Kier molecular flexibility index (Phi) is 6.51. The lowest BCUT2D eigenvalue weighted by atomic mass is 9.58. The Morgan fingerprint density at radius 2 is 1.55 bits per heavy atom. The molecule has 220 valence electrons. The SMILES string of the molecule is COc1ccc(N2C(=O)[C@H]3[C@H]4C[C@@H](c5ccccc5)CC[C@H]4c4c([nH]c5ccc(OCc6ccccc6)cc45)[C@@H]3C2=O)cc1. The number of ether oxygens (including phenoxy) is 2. The highest BCUT2D eigenvalue weighted by Crippen LogP contribution is 2.59. The van der Waals surface area contributed by atoms with Gasteiger partial charge in [-0.05, 0) is 96.2 Å². The van der Waals surface area contributed by atoms with Crippen molar-refractivity contribution in [3.05, 3.63) is 126 Å². The second-order valence-corrected chi connectivity index (χ2v) is 12.3. The predicted octanol–water partition coefficient (Wildman–Crippen LogP) is 7.71. The van der Waals surface area contributed by atoms with Gasteiger partial charge in [0.05, 0.1) is 24.6 Å². The number of amides is 2. The van der Waals surface area contributed by atoms with Crippen LogP contribution in [0.25, 0.3) is 10.9 Å². The molecule has 0 spiro atoms. The van der Waals surface area contributed by atoms with Gasteiger partial charge in [-0.25, -0.2) is 4.90 Å². The van der Waals surface area contributed by atoms with Gasteiger partial charge in [0.15, 0.2) is 0 Å². The maximum atomic E-state index is 14.3. The van der Waals surface area contributed by atoms with Crippen LogP contribution in [0.15, 0.2) is 103 Å².